The van der Waals surface area contributed by atoms with Gasteiger partial charge in [0.1, 0.15) is 5.82 Å². The first kappa shape index (κ1) is 11.9. The van der Waals surface area contributed by atoms with Gasteiger partial charge in [-0.05, 0) is 26.8 Å². The number of nitrogens with one attached hydrogen (secondary N) is 1. The summed E-state index contributed by atoms with van der Waals surface area (Å²) in [5.41, 5.74) is 5.30. The molecular weight excluding hydrogens is 191 g/mol. The smallest absolute Gasteiger partial charge is 0.128 e. The van der Waals surface area contributed by atoms with Gasteiger partial charge in [0, 0.05) is 5.56 Å². The van der Waals surface area contributed by atoms with E-state index >= 15 is 0 Å². The van der Waals surface area contributed by atoms with E-state index in [4.69, 9.17) is 5.84 Å². The number of hydrazine groups is 1. The topological polar surface area (TPSA) is 38.0 Å². The molecule has 0 heterocycles. The summed E-state index contributed by atoms with van der Waals surface area (Å²) in [5, 5.41) is 0. The van der Waals surface area contributed by atoms with Crippen molar-refractivity contribution < 1.29 is 4.39 Å². The molecule has 1 rings (SSSR count). The van der Waals surface area contributed by atoms with Gasteiger partial charge in [0.05, 0.1) is 6.04 Å². The molecule has 1 aromatic carbocycles. The molecule has 0 bridgehead atoms. The molecule has 82 valence electrons. The molecule has 0 aliphatic rings. The lowest BCUT2D eigenvalue weighted by atomic mass is 10.0. The quantitative estimate of drug-likeness (QED) is 0.455. The number of rotatable bonds is 3. The summed E-state index contributed by atoms with van der Waals surface area (Å²) in [4.78, 5) is 0. The number of aryl methyl sites for hydroxylation is 1. The third-order valence-electron chi connectivity index (χ3n) is 2.17. The molecule has 0 radical (unpaired) electrons. The zero-order chi connectivity index (χ0) is 11.4. The minimum Gasteiger partial charge on any atom is -0.271 e. The number of halogens is 1. The molecule has 0 fully saturated rings. The van der Waals surface area contributed by atoms with Crippen LogP contribution >= 0.6 is 0 Å². The van der Waals surface area contributed by atoms with Crippen LogP contribution in [-0.2, 0) is 0 Å². The molecule has 0 aliphatic heterocycles. The lowest BCUT2D eigenvalue weighted by molar-refractivity contribution is 0.566. The van der Waals surface area contributed by atoms with Crippen LogP contribution in [0.5, 0.6) is 0 Å². The highest BCUT2D eigenvalue weighted by Gasteiger charge is 2.11. The number of allylic oxidation sites excluding steroid dienone is 1. The molecule has 1 atom stereocenters. The fourth-order valence-electron chi connectivity index (χ4n) is 1.46. The first-order valence-corrected chi connectivity index (χ1v) is 4.92. The number of nitrogens with two attached hydrogens (primary N) is 1. The van der Waals surface area contributed by atoms with Crippen molar-refractivity contribution in [1.29, 1.82) is 0 Å². The van der Waals surface area contributed by atoms with Crippen LogP contribution in [0.15, 0.2) is 29.8 Å². The predicted octanol–water partition coefficient (Wildman–Crippen LogP) is 2.60. The minimum absolute atomic E-state index is 0.235. The molecule has 3 heteroatoms. The van der Waals surface area contributed by atoms with E-state index in [1.807, 2.05) is 26.8 Å². The highest BCUT2D eigenvalue weighted by molar-refractivity contribution is 5.30. The number of hydrogen-bond donors (Lipinski definition) is 2. The van der Waals surface area contributed by atoms with Crippen molar-refractivity contribution >= 4 is 0 Å². The molecule has 2 nitrogen and oxygen atoms in total. The molecule has 0 aromatic heterocycles. The zero-order valence-corrected chi connectivity index (χ0v) is 9.34. The Morgan fingerprint density at radius 1 is 1.47 bits per heavy atom. The highest BCUT2D eigenvalue weighted by Crippen LogP contribution is 2.20. The molecule has 0 saturated heterocycles. The predicted molar refractivity (Wildman–Crippen MR) is 60.6 cm³/mol. The van der Waals surface area contributed by atoms with Gasteiger partial charge < -0.3 is 0 Å². The fraction of sp³-hybridized carbons (Fsp3) is 0.333. The van der Waals surface area contributed by atoms with Crippen LogP contribution in [0, 0.1) is 12.7 Å². The van der Waals surface area contributed by atoms with Gasteiger partial charge in [-0.1, -0.05) is 29.3 Å². The van der Waals surface area contributed by atoms with Crippen molar-refractivity contribution in [2.75, 3.05) is 0 Å². The zero-order valence-electron chi connectivity index (χ0n) is 9.34. The van der Waals surface area contributed by atoms with E-state index in [-0.39, 0.29) is 11.9 Å². The van der Waals surface area contributed by atoms with E-state index in [0.29, 0.717) is 5.56 Å². The standard InChI is InChI=1S/C12H17FN2/c1-8(2)6-12(15-14)10-7-9(3)4-5-11(10)13/h4-7,12,15H,14H2,1-3H3. The number of hydrogen-bond acceptors (Lipinski definition) is 2. The second kappa shape index (κ2) is 5.05. The van der Waals surface area contributed by atoms with E-state index in [0.717, 1.165) is 11.1 Å². The Kier molecular flexibility index (Phi) is 4.00. The van der Waals surface area contributed by atoms with Crippen LogP contribution in [0.2, 0.25) is 0 Å². The van der Waals surface area contributed by atoms with Gasteiger partial charge in [-0.2, -0.15) is 0 Å². The van der Waals surface area contributed by atoms with Crippen LogP contribution in [0.25, 0.3) is 0 Å². The van der Waals surface area contributed by atoms with E-state index in [1.165, 1.54) is 6.07 Å². The summed E-state index contributed by atoms with van der Waals surface area (Å²) < 4.78 is 13.5. The fourth-order valence-corrected chi connectivity index (χ4v) is 1.46. The molecule has 1 unspecified atom stereocenters. The third-order valence-corrected chi connectivity index (χ3v) is 2.17. The second-order valence-corrected chi connectivity index (χ2v) is 3.91. The Morgan fingerprint density at radius 3 is 2.67 bits per heavy atom. The molecule has 3 N–H and O–H groups in total. The van der Waals surface area contributed by atoms with Gasteiger partial charge in [0.2, 0.25) is 0 Å². The summed E-state index contributed by atoms with van der Waals surface area (Å²) >= 11 is 0. The van der Waals surface area contributed by atoms with Crippen LogP contribution in [-0.4, -0.2) is 0 Å². The van der Waals surface area contributed by atoms with Gasteiger partial charge in [-0.15, -0.1) is 0 Å². The monoisotopic (exact) mass is 208 g/mol. The van der Waals surface area contributed by atoms with Gasteiger partial charge in [0.15, 0.2) is 0 Å². The summed E-state index contributed by atoms with van der Waals surface area (Å²) in [6.07, 6.45) is 1.90. The summed E-state index contributed by atoms with van der Waals surface area (Å²) in [5.74, 6) is 5.18. The molecule has 1 aromatic rings. The van der Waals surface area contributed by atoms with Gasteiger partial charge in [0.25, 0.3) is 0 Å². The lowest BCUT2D eigenvalue weighted by Crippen LogP contribution is -2.27. The molecular formula is C12H17FN2. The van der Waals surface area contributed by atoms with Crippen molar-refractivity contribution in [3.8, 4) is 0 Å². The van der Waals surface area contributed by atoms with E-state index in [9.17, 15) is 4.39 Å². The Labute approximate surface area is 90.0 Å². The largest absolute Gasteiger partial charge is 0.271 e. The van der Waals surface area contributed by atoms with Gasteiger partial charge in [-0.25, -0.2) is 9.82 Å². The van der Waals surface area contributed by atoms with Crippen molar-refractivity contribution in [3.05, 3.63) is 46.8 Å². The first-order chi connectivity index (χ1) is 7.04. The Morgan fingerprint density at radius 2 is 2.13 bits per heavy atom. The molecule has 15 heavy (non-hydrogen) atoms. The van der Waals surface area contributed by atoms with Crippen molar-refractivity contribution in [1.82, 2.24) is 5.43 Å². The highest BCUT2D eigenvalue weighted by atomic mass is 19.1. The molecule has 0 spiro atoms. The SMILES string of the molecule is CC(C)=CC(NN)c1cc(C)ccc1F. The summed E-state index contributed by atoms with van der Waals surface area (Å²) in [7, 11) is 0. The summed E-state index contributed by atoms with van der Waals surface area (Å²) in [6.45, 7) is 5.84. The second-order valence-electron chi connectivity index (χ2n) is 3.91. The van der Waals surface area contributed by atoms with Gasteiger partial charge >= 0.3 is 0 Å². The maximum absolute atomic E-state index is 13.5. The molecule has 0 amide bonds. The van der Waals surface area contributed by atoms with Crippen molar-refractivity contribution in [2.45, 2.75) is 26.8 Å². The van der Waals surface area contributed by atoms with E-state index in [2.05, 4.69) is 5.43 Å². The molecule has 0 saturated carbocycles. The van der Waals surface area contributed by atoms with Crippen LogP contribution in [0.4, 0.5) is 4.39 Å². The Balaban J connectivity index is 3.11. The maximum atomic E-state index is 13.5. The van der Waals surface area contributed by atoms with E-state index in [1.54, 1.807) is 12.1 Å². The molecule has 0 aliphatic carbocycles. The van der Waals surface area contributed by atoms with E-state index < -0.39 is 0 Å². The van der Waals surface area contributed by atoms with Crippen molar-refractivity contribution in [2.24, 2.45) is 5.84 Å². The summed E-state index contributed by atoms with van der Waals surface area (Å²) in [6, 6.07) is 4.75. The van der Waals surface area contributed by atoms with Crippen molar-refractivity contribution in [3.63, 3.8) is 0 Å². The average Bonchev–Trinajstić information content (AvgIpc) is 2.18. The van der Waals surface area contributed by atoms with Crippen LogP contribution in [0.3, 0.4) is 0 Å². The third kappa shape index (κ3) is 3.15. The van der Waals surface area contributed by atoms with Crippen LogP contribution in [0.1, 0.15) is 31.0 Å². The number of benzene rings is 1. The Hall–Kier alpha value is -1.19. The van der Waals surface area contributed by atoms with Gasteiger partial charge in [-0.3, -0.25) is 5.84 Å². The maximum Gasteiger partial charge on any atom is 0.128 e. The minimum atomic E-state index is -0.269. The Bertz CT molecular complexity index is 368. The lowest BCUT2D eigenvalue weighted by Gasteiger charge is -2.14. The first-order valence-electron chi connectivity index (χ1n) is 4.92. The normalized spacial score (nSPS) is 12.3. The van der Waals surface area contributed by atoms with Crippen LogP contribution < -0.4 is 11.3 Å². The average molecular weight is 208 g/mol.